The minimum absolute atomic E-state index is 0.0252. The van der Waals surface area contributed by atoms with Gasteiger partial charge in [-0.25, -0.2) is 0 Å². The van der Waals surface area contributed by atoms with Gasteiger partial charge in [0.1, 0.15) is 11.5 Å². The van der Waals surface area contributed by atoms with E-state index >= 15 is 0 Å². The molecule has 0 saturated heterocycles. The lowest BCUT2D eigenvalue weighted by Crippen LogP contribution is -2.31. The molecule has 2 heterocycles. The van der Waals surface area contributed by atoms with E-state index in [0.717, 1.165) is 16.0 Å². The molecule has 152 valence electrons. The summed E-state index contributed by atoms with van der Waals surface area (Å²) in [5.41, 5.74) is 3.59. The lowest BCUT2D eigenvalue weighted by Gasteiger charge is -2.14. The minimum Gasteiger partial charge on any atom is -0.467 e. The molecule has 0 bridgehead atoms. The maximum absolute atomic E-state index is 13.3. The fourth-order valence-electron chi connectivity index (χ4n) is 3.53. The highest BCUT2D eigenvalue weighted by molar-refractivity contribution is 6.41. The highest BCUT2D eigenvalue weighted by Crippen LogP contribution is 2.36. The molecule has 30 heavy (non-hydrogen) atoms. The van der Waals surface area contributed by atoms with Crippen molar-refractivity contribution >= 4 is 46.3 Å². The van der Waals surface area contributed by atoms with E-state index in [-0.39, 0.29) is 17.8 Å². The smallest absolute Gasteiger partial charge is 0.278 e. The van der Waals surface area contributed by atoms with Gasteiger partial charge in [0.2, 0.25) is 0 Å². The fourth-order valence-corrected chi connectivity index (χ4v) is 4.03. The summed E-state index contributed by atoms with van der Waals surface area (Å²) in [4.78, 5) is 27.7. The summed E-state index contributed by atoms with van der Waals surface area (Å²) in [5.74, 6) is -0.394. The molecule has 0 unspecified atom stereocenters. The van der Waals surface area contributed by atoms with Crippen molar-refractivity contribution in [2.45, 2.75) is 20.4 Å². The van der Waals surface area contributed by atoms with Crippen molar-refractivity contribution in [3.63, 3.8) is 0 Å². The fraction of sp³-hybridized carbons (Fsp3) is 0.130. The molecular formula is C23H18Cl2N2O3. The molecule has 0 spiro atoms. The van der Waals surface area contributed by atoms with E-state index in [1.807, 2.05) is 32.0 Å². The normalized spacial score (nSPS) is 14.1. The quantitative estimate of drug-likeness (QED) is 0.524. The number of imide groups is 1. The van der Waals surface area contributed by atoms with Crippen LogP contribution in [0, 0.1) is 13.8 Å². The van der Waals surface area contributed by atoms with Crippen molar-refractivity contribution in [3.05, 3.63) is 93.0 Å². The third kappa shape index (κ3) is 3.86. The van der Waals surface area contributed by atoms with Gasteiger partial charge in [-0.15, -0.1) is 0 Å². The van der Waals surface area contributed by atoms with Gasteiger partial charge in [0.05, 0.1) is 23.4 Å². The number of hydrogen-bond donors (Lipinski definition) is 1. The van der Waals surface area contributed by atoms with Crippen LogP contribution >= 0.6 is 23.2 Å². The molecule has 0 fully saturated rings. The van der Waals surface area contributed by atoms with E-state index in [1.54, 1.807) is 30.3 Å². The first-order chi connectivity index (χ1) is 14.3. The number of benzene rings is 2. The van der Waals surface area contributed by atoms with Gasteiger partial charge in [-0.3, -0.25) is 14.5 Å². The second-order valence-corrected chi connectivity index (χ2v) is 8.00. The predicted octanol–water partition coefficient (Wildman–Crippen LogP) is 5.60. The van der Waals surface area contributed by atoms with Gasteiger partial charge in [-0.05, 0) is 61.4 Å². The van der Waals surface area contributed by atoms with E-state index in [1.165, 1.54) is 6.26 Å². The van der Waals surface area contributed by atoms with Crippen LogP contribution in [-0.2, 0) is 16.1 Å². The van der Waals surface area contributed by atoms with Crippen LogP contribution in [0.1, 0.15) is 22.5 Å². The molecule has 1 aliphatic heterocycles. The Morgan fingerprint density at radius 1 is 0.967 bits per heavy atom. The second kappa shape index (κ2) is 8.01. The number of nitrogens with one attached hydrogen (secondary N) is 1. The molecule has 0 radical (unpaired) electrons. The first-order valence-electron chi connectivity index (χ1n) is 9.27. The average molecular weight is 441 g/mol. The monoisotopic (exact) mass is 440 g/mol. The topological polar surface area (TPSA) is 62.6 Å². The number of aryl methyl sites for hydroxylation is 2. The Morgan fingerprint density at radius 3 is 2.33 bits per heavy atom. The summed E-state index contributed by atoms with van der Waals surface area (Å²) in [6.07, 6.45) is 1.50. The lowest BCUT2D eigenvalue weighted by atomic mass is 10.0. The van der Waals surface area contributed by atoms with Crippen LogP contribution in [0.5, 0.6) is 0 Å². The van der Waals surface area contributed by atoms with Crippen LogP contribution in [0.15, 0.2) is 64.9 Å². The number of carbonyl (C=O) groups is 2. The Bertz CT molecular complexity index is 1160. The van der Waals surface area contributed by atoms with Gasteiger partial charge in [0.25, 0.3) is 11.8 Å². The zero-order chi connectivity index (χ0) is 21.4. The van der Waals surface area contributed by atoms with Crippen molar-refractivity contribution in [2.24, 2.45) is 0 Å². The molecule has 0 aliphatic carbocycles. The van der Waals surface area contributed by atoms with Crippen LogP contribution in [0.25, 0.3) is 5.57 Å². The number of anilines is 1. The Morgan fingerprint density at radius 2 is 1.70 bits per heavy atom. The Balaban J connectivity index is 1.81. The maximum Gasteiger partial charge on any atom is 0.278 e. The molecule has 0 saturated carbocycles. The second-order valence-electron chi connectivity index (χ2n) is 7.15. The van der Waals surface area contributed by atoms with E-state index < -0.39 is 11.8 Å². The van der Waals surface area contributed by atoms with Gasteiger partial charge >= 0.3 is 0 Å². The molecule has 2 aromatic carbocycles. The molecule has 5 nitrogen and oxygen atoms in total. The van der Waals surface area contributed by atoms with E-state index in [4.69, 9.17) is 27.6 Å². The lowest BCUT2D eigenvalue weighted by molar-refractivity contribution is -0.137. The summed E-state index contributed by atoms with van der Waals surface area (Å²) >= 11 is 12.4. The SMILES string of the molecule is Cc1cc(C)cc(NC2=C(c3ccc(Cl)cc3Cl)C(=O)N(Cc3ccco3)C2=O)c1. The van der Waals surface area contributed by atoms with E-state index in [0.29, 0.717) is 27.1 Å². The maximum atomic E-state index is 13.3. The van der Waals surface area contributed by atoms with Crippen molar-refractivity contribution in [1.29, 1.82) is 0 Å². The number of rotatable bonds is 5. The van der Waals surface area contributed by atoms with Crippen LogP contribution in [-0.4, -0.2) is 16.7 Å². The summed E-state index contributed by atoms with van der Waals surface area (Å²) in [6.45, 7) is 3.96. The molecule has 1 aliphatic rings. The largest absolute Gasteiger partial charge is 0.467 e. The average Bonchev–Trinajstić information content (AvgIpc) is 3.25. The molecular weight excluding hydrogens is 423 g/mol. The van der Waals surface area contributed by atoms with Gasteiger partial charge in [-0.2, -0.15) is 0 Å². The summed E-state index contributed by atoms with van der Waals surface area (Å²) in [7, 11) is 0. The zero-order valence-electron chi connectivity index (χ0n) is 16.3. The van der Waals surface area contributed by atoms with Crippen LogP contribution in [0.4, 0.5) is 5.69 Å². The summed E-state index contributed by atoms with van der Waals surface area (Å²) in [5, 5.41) is 3.88. The molecule has 0 atom stereocenters. The van der Waals surface area contributed by atoms with Gasteiger partial charge in [-0.1, -0.05) is 35.3 Å². The van der Waals surface area contributed by atoms with Crippen LogP contribution in [0.2, 0.25) is 10.0 Å². The van der Waals surface area contributed by atoms with E-state index in [9.17, 15) is 9.59 Å². The highest BCUT2D eigenvalue weighted by atomic mass is 35.5. The first-order valence-corrected chi connectivity index (χ1v) is 10.0. The Hall–Kier alpha value is -3.02. The first kappa shape index (κ1) is 20.3. The summed E-state index contributed by atoms with van der Waals surface area (Å²) in [6, 6.07) is 14.1. The molecule has 3 aromatic rings. The number of furan rings is 1. The number of carbonyl (C=O) groups excluding carboxylic acids is 2. The van der Waals surface area contributed by atoms with Crippen LogP contribution < -0.4 is 5.32 Å². The van der Waals surface area contributed by atoms with E-state index in [2.05, 4.69) is 5.32 Å². The zero-order valence-corrected chi connectivity index (χ0v) is 17.8. The Kier molecular flexibility index (Phi) is 5.41. The number of halogens is 2. The van der Waals surface area contributed by atoms with Gasteiger partial charge in [0.15, 0.2) is 0 Å². The molecule has 7 heteroatoms. The van der Waals surface area contributed by atoms with Gasteiger partial charge < -0.3 is 9.73 Å². The highest BCUT2D eigenvalue weighted by Gasteiger charge is 2.40. The van der Waals surface area contributed by atoms with Crippen molar-refractivity contribution < 1.29 is 14.0 Å². The van der Waals surface area contributed by atoms with Crippen molar-refractivity contribution in [1.82, 2.24) is 4.90 Å². The molecule has 1 aromatic heterocycles. The molecule has 4 rings (SSSR count). The Labute approximate surface area is 183 Å². The third-order valence-electron chi connectivity index (χ3n) is 4.75. The van der Waals surface area contributed by atoms with Crippen molar-refractivity contribution in [3.8, 4) is 0 Å². The number of nitrogens with zero attached hydrogens (tertiary/aromatic N) is 1. The van der Waals surface area contributed by atoms with Crippen molar-refractivity contribution in [2.75, 3.05) is 5.32 Å². The van der Waals surface area contributed by atoms with Crippen LogP contribution in [0.3, 0.4) is 0 Å². The predicted molar refractivity (Wildman–Crippen MR) is 117 cm³/mol. The third-order valence-corrected chi connectivity index (χ3v) is 5.30. The standard InChI is InChI=1S/C23H18Cl2N2O3/c1-13-8-14(2)10-16(9-13)26-21-20(18-6-5-15(24)11-19(18)25)22(28)27(23(21)29)12-17-4-3-7-30-17/h3-11,26H,12H2,1-2H3. The van der Waals surface area contributed by atoms with Gasteiger partial charge in [0, 0.05) is 16.3 Å². The number of hydrogen-bond acceptors (Lipinski definition) is 4. The molecule has 1 N–H and O–H groups in total. The summed E-state index contributed by atoms with van der Waals surface area (Å²) < 4.78 is 5.33. The number of amides is 2. The molecule has 2 amide bonds. The minimum atomic E-state index is -0.451.